The van der Waals surface area contributed by atoms with E-state index in [4.69, 9.17) is 0 Å². The molecule has 80 valence electrons. The van der Waals surface area contributed by atoms with Gasteiger partial charge in [-0.1, -0.05) is 29.0 Å². The van der Waals surface area contributed by atoms with Crippen molar-refractivity contribution in [1.29, 1.82) is 0 Å². The quantitative estimate of drug-likeness (QED) is 0.471. The van der Waals surface area contributed by atoms with Gasteiger partial charge in [-0.3, -0.25) is 4.79 Å². The van der Waals surface area contributed by atoms with Crippen LogP contribution in [-0.4, -0.2) is 16.9 Å². The van der Waals surface area contributed by atoms with Crippen molar-refractivity contribution < 1.29 is 4.79 Å². The van der Waals surface area contributed by atoms with Crippen molar-refractivity contribution >= 4 is 28.5 Å². The van der Waals surface area contributed by atoms with Gasteiger partial charge < -0.3 is 5.32 Å². The number of fused-ring (bicyclic) bond motifs is 1. The van der Waals surface area contributed by atoms with Crippen LogP contribution in [0.3, 0.4) is 0 Å². The van der Waals surface area contributed by atoms with Crippen LogP contribution >= 0.6 is 22.6 Å². The van der Waals surface area contributed by atoms with Gasteiger partial charge in [0, 0.05) is 12.5 Å². The van der Waals surface area contributed by atoms with Crippen LogP contribution in [0.2, 0.25) is 0 Å². The number of rotatable bonds is 5. The Balaban J connectivity index is 1.61. The third kappa shape index (κ3) is 2.23. The van der Waals surface area contributed by atoms with Crippen LogP contribution in [0.1, 0.15) is 32.1 Å². The van der Waals surface area contributed by atoms with Crippen molar-refractivity contribution in [3.05, 3.63) is 0 Å². The van der Waals surface area contributed by atoms with Gasteiger partial charge in [0.2, 0.25) is 5.91 Å². The molecule has 0 saturated heterocycles. The zero-order chi connectivity index (χ0) is 9.97. The summed E-state index contributed by atoms with van der Waals surface area (Å²) in [5, 5.41) is 3.07. The van der Waals surface area contributed by atoms with E-state index in [1.54, 1.807) is 0 Å². The van der Waals surface area contributed by atoms with E-state index < -0.39 is 0 Å². The number of unbranched alkanes of at least 4 members (excludes halogenated alkanes) is 1. The summed E-state index contributed by atoms with van der Waals surface area (Å²) in [6.07, 6.45) is 6.32. The Hall–Kier alpha value is 0.200. The van der Waals surface area contributed by atoms with Crippen LogP contribution in [0.4, 0.5) is 0 Å². The van der Waals surface area contributed by atoms with Crippen molar-refractivity contribution in [2.24, 2.45) is 17.8 Å². The zero-order valence-corrected chi connectivity index (χ0v) is 10.6. The molecular formula is C11H18INO. The van der Waals surface area contributed by atoms with Gasteiger partial charge in [-0.25, -0.2) is 0 Å². The van der Waals surface area contributed by atoms with Crippen LogP contribution in [0.15, 0.2) is 0 Å². The second-order valence-electron chi connectivity index (χ2n) is 4.47. The number of amides is 1. The fourth-order valence-electron chi connectivity index (χ4n) is 2.76. The third-order valence-electron chi connectivity index (χ3n) is 3.57. The molecular weight excluding hydrogens is 289 g/mol. The lowest BCUT2D eigenvalue weighted by atomic mass is 10.1. The van der Waals surface area contributed by atoms with Crippen molar-refractivity contribution in [1.82, 2.24) is 5.32 Å². The molecule has 1 N–H and O–H groups in total. The van der Waals surface area contributed by atoms with E-state index in [1.807, 2.05) is 0 Å². The fraction of sp³-hybridized carbons (Fsp3) is 0.909. The fourth-order valence-corrected chi connectivity index (χ4v) is 3.30. The summed E-state index contributed by atoms with van der Waals surface area (Å²) in [7, 11) is 0. The largest absolute Gasteiger partial charge is 0.356 e. The van der Waals surface area contributed by atoms with E-state index in [1.165, 1.54) is 30.1 Å². The summed E-state index contributed by atoms with van der Waals surface area (Å²) in [5.41, 5.74) is 0. The molecule has 0 aromatic carbocycles. The molecule has 1 amide bonds. The van der Waals surface area contributed by atoms with E-state index in [9.17, 15) is 4.79 Å². The lowest BCUT2D eigenvalue weighted by Crippen LogP contribution is -2.27. The first-order valence-corrected chi connectivity index (χ1v) is 7.21. The van der Waals surface area contributed by atoms with Crippen LogP contribution in [0.5, 0.6) is 0 Å². The average molecular weight is 307 g/mol. The Labute approximate surface area is 99.4 Å². The average Bonchev–Trinajstić information content (AvgIpc) is 2.67. The van der Waals surface area contributed by atoms with Gasteiger partial charge >= 0.3 is 0 Å². The van der Waals surface area contributed by atoms with Gasteiger partial charge in [-0.05, 0) is 41.9 Å². The normalized spacial score (nSPS) is 33.9. The topological polar surface area (TPSA) is 29.1 Å². The van der Waals surface area contributed by atoms with E-state index in [0.29, 0.717) is 11.8 Å². The van der Waals surface area contributed by atoms with Crippen LogP contribution in [0.25, 0.3) is 0 Å². The Morgan fingerprint density at radius 1 is 1.29 bits per heavy atom. The van der Waals surface area contributed by atoms with Gasteiger partial charge in [-0.15, -0.1) is 0 Å². The summed E-state index contributed by atoms with van der Waals surface area (Å²) < 4.78 is 1.20. The maximum Gasteiger partial charge on any atom is 0.223 e. The van der Waals surface area contributed by atoms with E-state index in [2.05, 4.69) is 27.9 Å². The first-order chi connectivity index (χ1) is 6.84. The second-order valence-corrected chi connectivity index (χ2v) is 5.55. The maximum atomic E-state index is 11.7. The van der Waals surface area contributed by atoms with E-state index in [-0.39, 0.29) is 0 Å². The molecule has 0 bridgehead atoms. The smallest absolute Gasteiger partial charge is 0.223 e. The lowest BCUT2D eigenvalue weighted by Gasteiger charge is -2.05. The molecule has 2 saturated carbocycles. The summed E-state index contributed by atoms with van der Waals surface area (Å²) >= 11 is 2.38. The van der Waals surface area contributed by atoms with Gasteiger partial charge in [0.25, 0.3) is 0 Å². The standard InChI is InChI=1S/C11H18INO/c12-6-1-2-7-13-11(14)10-8-4-3-5-9(8)10/h8-10H,1-7H2,(H,13,14). The van der Waals surface area contributed by atoms with Gasteiger partial charge in [0.15, 0.2) is 0 Å². The number of hydrogen-bond donors (Lipinski definition) is 1. The molecule has 0 spiro atoms. The number of carbonyl (C=O) groups excluding carboxylic acids is 1. The van der Waals surface area contributed by atoms with Gasteiger partial charge in [-0.2, -0.15) is 0 Å². The molecule has 0 radical (unpaired) electrons. The molecule has 0 aliphatic heterocycles. The predicted octanol–water partition coefficient (Wildman–Crippen LogP) is 2.36. The van der Waals surface area contributed by atoms with Gasteiger partial charge in [0.05, 0.1) is 0 Å². The molecule has 2 nitrogen and oxygen atoms in total. The first kappa shape index (κ1) is 10.7. The monoisotopic (exact) mass is 307 g/mol. The minimum absolute atomic E-state index is 0.341. The highest BCUT2D eigenvalue weighted by Gasteiger charge is 2.56. The van der Waals surface area contributed by atoms with E-state index in [0.717, 1.165) is 24.8 Å². The molecule has 0 heterocycles. The predicted molar refractivity (Wildman–Crippen MR) is 65.5 cm³/mol. The molecule has 2 aliphatic rings. The summed E-state index contributed by atoms with van der Waals surface area (Å²) in [6.45, 7) is 0.887. The van der Waals surface area contributed by atoms with Crippen molar-refractivity contribution in [3.8, 4) is 0 Å². The van der Waals surface area contributed by atoms with E-state index >= 15 is 0 Å². The molecule has 2 aliphatic carbocycles. The second kappa shape index (κ2) is 4.81. The first-order valence-electron chi connectivity index (χ1n) is 5.68. The van der Waals surface area contributed by atoms with Crippen LogP contribution in [-0.2, 0) is 4.79 Å². The van der Waals surface area contributed by atoms with Crippen molar-refractivity contribution in [3.63, 3.8) is 0 Å². The number of carbonyl (C=O) groups is 1. The van der Waals surface area contributed by atoms with Crippen LogP contribution < -0.4 is 5.32 Å². The summed E-state index contributed by atoms with van der Waals surface area (Å²) in [5.74, 6) is 2.27. The number of halogens is 1. The minimum Gasteiger partial charge on any atom is -0.356 e. The Morgan fingerprint density at radius 2 is 2.00 bits per heavy atom. The summed E-state index contributed by atoms with van der Waals surface area (Å²) in [6, 6.07) is 0. The Morgan fingerprint density at radius 3 is 2.64 bits per heavy atom. The lowest BCUT2D eigenvalue weighted by molar-refractivity contribution is -0.123. The molecule has 14 heavy (non-hydrogen) atoms. The number of hydrogen-bond acceptors (Lipinski definition) is 1. The molecule has 3 heteroatoms. The van der Waals surface area contributed by atoms with Crippen molar-refractivity contribution in [2.45, 2.75) is 32.1 Å². The van der Waals surface area contributed by atoms with Gasteiger partial charge in [0.1, 0.15) is 0 Å². The molecule has 0 aromatic heterocycles. The SMILES string of the molecule is O=C(NCCCCI)C1C2CCCC21. The number of nitrogens with one attached hydrogen (secondary N) is 1. The minimum atomic E-state index is 0.341. The molecule has 0 aromatic rings. The zero-order valence-electron chi connectivity index (χ0n) is 8.47. The Kier molecular flexibility index (Phi) is 3.68. The third-order valence-corrected chi connectivity index (χ3v) is 4.33. The van der Waals surface area contributed by atoms with Crippen molar-refractivity contribution in [2.75, 3.05) is 11.0 Å². The molecule has 2 fully saturated rings. The maximum absolute atomic E-state index is 11.7. The number of alkyl halides is 1. The highest BCUT2D eigenvalue weighted by Crippen LogP contribution is 2.57. The molecule has 2 rings (SSSR count). The van der Waals surface area contributed by atoms with Crippen LogP contribution in [0, 0.1) is 17.8 Å². The molecule has 2 atom stereocenters. The summed E-state index contributed by atoms with van der Waals surface area (Å²) in [4.78, 5) is 11.7. The molecule has 2 unspecified atom stereocenters. The highest BCUT2D eigenvalue weighted by molar-refractivity contribution is 14.1. The Bertz CT molecular complexity index is 209. The highest BCUT2D eigenvalue weighted by atomic mass is 127.